The van der Waals surface area contributed by atoms with Gasteiger partial charge < -0.3 is 10.1 Å². The minimum Gasteiger partial charge on any atom is -0.483 e. The minimum atomic E-state index is -0.250. The lowest BCUT2D eigenvalue weighted by atomic mass is 10.1. The fraction of sp³-hybridized carbons (Fsp3) is 0.269. The lowest BCUT2D eigenvalue weighted by molar-refractivity contribution is -0.118. The van der Waals surface area contributed by atoms with Crippen molar-refractivity contribution < 1.29 is 9.53 Å². The molecule has 6 nitrogen and oxygen atoms in total. The van der Waals surface area contributed by atoms with Crippen LogP contribution in [0.4, 0.5) is 5.82 Å². The summed E-state index contributed by atoms with van der Waals surface area (Å²) in [5.74, 6) is 1.74. The van der Waals surface area contributed by atoms with E-state index in [1.165, 1.54) is 0 Å². The number of amides is 1. The average Bonchev–Trinajstić information content (AvgIpc) is 3.11. The molecule has 2 heterocycles. The van der Waals surface area contributed by atoms with Gasteiger partial charge in [-0.3, -0.25) is 4.79 Å². The monoisotopic (exact) mass is 428 g/mol. The molecule has 0 aliphatic carbocycles. The molecule has 0 unspecified atom stereocenters. The van der Waals surface area contributed by atoms with Crippen LogP contribution in [-0.2, 0) is 4.79 Å². The Labute approximate surface area is 188 Å². The van der Waals surface area contributed by atoms with Gasteiger partial charge in [0.2, 0.25) is 0 Å². The van der Waals surface area contributed by atoms with Crippen LogP contribution < -0.4 is 10.1 Å². The summed E-state index contributed by atoms with van der Waals surface area (Å²) in [7, 11) is 0. The summed E-state index contributed by atoms with van der Waals surface area (Å²) in [6.45, 7) is 11.9. The van der Waals surface area contributed by atoms with Crippen molar-refractivity contribution >= 4 is 22.6 Å². The highest BCUT2D eigenvalue weighted by Gasteiger charge is 2.15. The van der Waals surface area contributed by atoms with Gasteiger partial charge in [-0.1, -0.05) is 30.3 Å². The fourth-order valence-electron chi connectivity index (χ4n) is 3.88. The van der Waals surface area contributed by atoms with Crippen molar-refractivity contribution in [1.82, 2.24) is 14.8 Å². The third kappa shape index (κ3) is 4.08. The largest absolute Gasteiger partial charge is 0.483 e. The van der Waals surface area contributed by atoms with Gasteiger partial charge in [0.1, 0.15) is 11.6 Å². The Hall–Kier alpha value is -3.67. The highest BCUT2D eigenvalue weighted by molar-refractivity contribution is 5.91. The van der Waals surface area contributed by atoms with Gasteiger partial charge in [0.05, 0.1) is 11.2 Å². The molecule has 32 heavy (non-hydrogen) atoms. The predicted molar refractivity (Wildman–Crippen MR) is 128 cm³/mol. The van der Waals surface area contributed by atoms with Gasteiger partial charge in [-0.2, -0.15) is 9.78 Å². The van der Waals surface area contributed by atoms with Gasteiger partial charge in [0, 0.05) is 11.5 Å². The first-order chi connectivity index (χ1) is 15.2. The SMILES string of the molecule is Cc1cc(NC(=O)COc2c(C)ccc(C)c2C)n(-c2cc(C)c3cccc(C)c3n2)n1. The molecular weight excluding hydrogens is 400 g/mol. The number of carbonyl (C=O) groups excluding carboxylic acids is 1. The van der Waals surface area contributed by atoms with E-state index in [1.807, 2.05) is 65.0 Å². The Kier molecular flexibility index (Phi) is 5.70. The van der Waals surface area contributed by atoms with Gasteiger partial charge in [-0.25, -0.2) is 4.98 Å². The number of hydrogen-bond donors (Lipinski definition) is 1. The van der Waals surface area contributed by atoms with E-state index in [-0.39, 0.29) is 12.5 Å². The minimum absolute atomic E-state index is 0.0847. The molecular formula is C26H28N4O2. The molecule has 0 bridgehead atoms. The summed E-state index contributed by atoms with van der Waals surface area (Å²) in [6, 6.07) is 14.0. The molecule has 0 atom stereocenters. The number of anilines is 1. The number of nitrogens with zero attached hydrogens (tertiary/aromatic N) is 3. The average molecular weight is 429 g/mol. The summed E-state index contributed by atoms with van der Waals surface area (Å²) < 4.78 is 7.55. The van der Waals surface area contributed by atoms with Crippen LogP contribution in [0, 0.1) is 41.5 Å². The zero-order valence-corrected chi connectivity index (χ0v) is 19.4. The number of rotatable bonds is 5. The first-order valence-electron chi connectivity index (χ1n) is 10.7. The molecule has 0 aliphatic heterocycles. The van der Waals surface area contributed by atoms with Gasteiger partial charge in [0.25, 0.3) is 5.91 Å². The van der Waals surface area contributed by atoms with Gasteiger partial charge in [-0.05, 0) is 75.4 Å². The van der Waals surface area contributed by atoms with E-state index in [4.69, 9.17) is 9.72 Å². The first-order valence-corrected chi connectivity index (χ1v) is 10.7. The molecule has 2 aromatic carbocycles. The second-order valence-electron chi connectivity index (χ2n) is 8.34. The maximum Gasteiger partial charge on any atom is 0.263 e. The number of fused-ring (bicyclic) bond motifs is 1. The lowest BCUT2D eigenvalue weighted by Gasteiger charge is -2.14. The van der Waals surface area contributed by atoms with E-state index < -0.39 is 0 Å². The number of benzene rings is 2. The van der Waals surface area contributed by atoms with Crippen LogP contribution in [0.2, 0.25) is 0 Å². The van der Waals surface area contributed by atoms with Crippen molar-refractivity contribution in [3.8, 4) is 11.6 Å². The van der Waals surface area contributed by atoms with Crippen molar-refractivity contribution in [2.24, 2.45) is 0 Å². The molecule has 0 saturated carbocycles. The number of nitrogens with one attached hydrogen (secondary N) is 1. The summed E-state index contributed by atoms with van der Waals surface area (Å²) >= 11 is 0. The Bertz CT molecular complexity index is 1340. The quantitative estimate of drug-likeness (QED) is 0.469. The summed E-state index contributed by atoms with van der Waals surface area (Å²) in [5.41, 5.74) is 7.11. The van der Waals surface area contributed by atoms with Crippen LogP contribution in [0.25, 0.3) is 16.7 Å². The molecule has 4 aromatic rings. The molecule has 0 spiro atoms. The Morgan fingerprint density at radius 1 is 0.938 bits per heavy atom. The summed E-state index contributed by atoms with van der Waals surface area (Å²) in [6.07, 6.45) is 0. The maximum atomic E-state index is 12.7. The highest BCUT2D eigenvalue weighted by atomic mass is 16.5. The third-order valence-corrected chi connectivity index (χ3v) is 5.77. The van der Waals surface area contributed by atoms with Crippen LogP contribution in [0.3, 0.4) is 0 Å². The van der Waals surface area contributed by atoms with E-state index in [0.717, 1.165) is 50.2 Å². The van der Waals surface area contributed by atoms with Crippen molar-refractivity contribution in [1.29, 1.82) is 0 Å². The molecule has 1 amide bonds. The first kappa shape index (κ1) is 21.6. The van der Waals surface area contributed by atoms with Crippen LogP contribution >= 0.6 is 0 Å². The molecule has 164 valence electrons. The third-order valence-electron chi connectivity index (χ3n) is 5.77. The van der Waals surface area contributed by atoms with Gasteiger partial charge >= 0.3 is 0 Å². The van der Waals surface area contributed by atoms with Gasteiger partial charge in [-0.15, -0.1) is 0 Å². The predicted octanol–water partition coefficient (Wildman–Crippen LogP) is 5.29. The number of aryl methyl sites for hydroxylation is 5. The standard InChI is InChI=1S/C26H28N4O2/c1-15-10-11-17(3)26(20(15)6)32-14-24(31)27-23-13-19(5)29-30(23)22-12-18(4)21-9-7-8-16(2)25(21)28-22/h7-13H,14H2,1-6H3,(H,27,31). The van der Waals surface area contributed by atoms with Crippen molar-refractivity contribution in [3.63, 3.8) is 0 Å². The lowest BCUT2D eigenvalue weighted by Crippen LogP contribution is -2.22. The fourth-order valence-corrected chi connectivity index (χ4v) is 3.88. The van der Waals surface area contributed by atoms with Crippen molar-refractivity contribution in [2.75, 3.05) is 11.9 Å². The van der Waals surface area contributed by atoms with E-state index >= 15 is 0 Å². The maximum absolute atomic E-state index is 12.7. The van der Waals surface area contributed by atoms with Gasteiger partial charge in [0.15, 0.2) is 12.4 Å². The highest BCUT2D eigenvalue weighted by Crippen LogP contribution is 2.26. The molecule has 4 rings (SSSR count). The zero-order valence-electron chi connectivity index (χ0n) is 19.4. The molecule has 2 aromatic heterocycles. The van der Waals surface area contributed by atoms with E-state index in [2.05, 4.69) is 29.5 Å². The van der Waals surface area contributed by atoms with Crippen molar-refractivity contribution in [2.45, 2.75) is 41.5 Å². The summed E-state index contributed by atoms with van der Waals surface area (Å²) in [5, 5.41) is 8.61. The van der Waals surface area contributed by atoms with Crippen molar-refractivity contribution in [3.05, 3.63) is 76.0 Å². The normalized spacial score (nSPS) is 11.1. The van der Waals surface area contributed by atoms with Crippen LogP contribution in [0.15, 0.2) is 42.5 Å². The second kappa shape index (κ2) is 8.46. The number of hydrogen-bond acceptors (Lipinski definition) is 4. The van der Waals surface area contributed by atoms with E-state index in [9.17, 15) is 4.79 Å². The topological polar surface area (TPSA) is 69.0 Å². The molecule has 0 fully saturated rings. The van der Waals surface area contributed by atoms with E-state index in [0.29, 0.717) is 11.6 Å². The van der Waals surface area contributed by atoms with Crippen LogP contribution in [0.1, 0.15) is 33.5 Å². The number of para-hydroxylation sites is 1. The Morgan fingerprint density at radius 2 is 1.69 bits per heavy atom. The summed E-state index contributed by atoms with van der Waals surface area (Å²) in [4.78, 5) is 17.6. The molecule has 0 radical (unpaired) electrons. The van der Waals surface area contributed by atoms with Crippen LogP contribution in [0.5, 0.6) is 5.75 Å². The number of carbonyl (C=O) groups is 1. The van der Waals surface area contributed by atoms with Crippen LogP contribution in [-0.4, -0.2) is 27.3 Å². The molecule has 1 N–H and O–H groups in total. The number of pyridine rings is 1. The number of aromatic nitrogens is 3. The zero-order chi connectivity index (χ0) is 23.0. The number of ether oxygens (including phenoxy) is 1. The second-order valence-corrected chi connectivity index (χ2v) is 8.34. The molecule has 0 aliphatic rings. The van der Waals surface area contributed by atoms with E-state index in [1.54, 1.807) is 4.68 Å². The smallest absolute Gasteiger partial charge is 0.263 e. The molecule has 6 heteroatoms. The Morgan fingerprint density at radius 3 is 2.47 bits per heavy atom. The Balaban J connectivity index is 1.60. The molecule has 0 saturated heterocycles.